The number of aromatic nitrogens is 3. The standard InChI is InChI=1S/C16H11Cl2F3N4OS/c1-7-13-22-23-15(16(19,20)21)25(13)6-5-24(7)14(26)12-11(18)10-8(17)3-2-4-9(10)27-12/h2-4,7H,5-6H2,1H3. The maximum atomic E-state index is 13.1. The van der Waals surface area contributed by atoms with Crippen LogP contribution in [0.25, 0.3) is 10.1 Å². The number of benzene rings is 1. The molecule has 0 radical (unpaired) electrons. The van der Waals surface area contributed by atoms with Crippen molar-refractivity contribution in [1.29, 1.82) is 0 Å². The van der Waals surface area contributed by atoms with Gasteiger partial charge in [-0.25, -0.2) is 0 Å². The molecule has 5 nitrogen and oxygen atoms in total. The van der Waals surface area contributed by atoms with Crippen molar-refractivity contribution in [3.63, 3.8) is 0 Å². The number of hydrogen-bond donors (Lipinski definition) is 0. The van der Waals surface area contributed by atoms with Gasteiger partial charge in [0.25, 0.3) is 5.91 Å². The number of hydrogen-bond acceptors (Lipinski definition) is 4. The van der Waals surface area contributed by atoms with Crippen molar-refractivity contribution in [2.75, 3.05) is 6.54 Å². The lowest BCUT2D eigenvalue weighted by atomic mass is 10.2. The Hall–Kier alpha value is -1.84. The summed E-state index contributed by atoms with van der Waals surface area (Å²) >= 11 is 13.8. The molecule has 0 aliphatic carbocycles. The van der Waals surface area contributed by atoms with Crippen molar-refractivity contribution in [2.24, 2.45) is 0 Å². The number of carbonyl (C=O) groups is 1. The van der Waals surface area contributed by atoms with Crippen LogP contribution >= 0.6 is 34.5 Å². The van der Waals surface area contributed by atoms with E-state index in [1.54, 1.807) is 25.1 Å². The number of carbonyl (C=O) groups excluding carboxylic acids is 1. The van der Waals surface area contributed by atoms with E-state index in [0.29, 0.717) is 15.3 Å². The van der Waals surface area contributed by atoms with Gasteiger partial charge in [0.1, 0.15) is 4.88 Å². The van der Waals surface area contributed by atoms with E-state index in [9.17, 15) is 18.0 Å². The maximum Gasteiger partial charge on any atom is 0.451 e. The molecule has 0 saturated heterocycles. The highest BCUT2D eigenvalue weighted by Gasteiger charge is 2.42. The van der Waals surface area contributed by atoms with Gasteiger partial charge < -0.3 is 9.47 Å². The molecule has 0 fully saturated rings. The number of nitrogens with zero attached hydrogens (tertiary/aromatic N) is 4. The molecular formula is C16H11Cl2F3N4OS. The van der Waals surface area contributed by atoms with Crippen LogP contribution in [0.2, 0.25) is 10.0 Å². The Balaban J connectivity index is 1.71. The molecule has 1 aliphatic rings. The predicted molar refractivity (Wildman–Crippen MR) is 96.3 cm³/mol. The van der Waals surface area contributed by atoms with E-state index in [1.165, 1.54) is 16.2 Å². The highest BCUT2D eigenvalue weighted by molar-refractivity contribution is 7.21. The van der Waals surface area contributed by atoms with E-state index < -0.39 is 18.0 Å². The Labute approximate surface area is 165 Å². The first-order valence-corrected chi connectivity index (χ1v) is 9.45. The molecule has 0 N–H and O–H groups in total. The lowest BCUT2D eigenvalue weighted by Gasteiger charge is -2.33. The van der Waals surface area contributed by atoms with Crippen molar-refractivity contribution in [2.45, 2.75) is 25.7 Å². The van der Waals surface area contributed by atoms with Gasteiger partial charge in [0.05, 0.1) is 16.1 Å². The quantitative estimate of drug-likeness (QED) is 0.539. The molecule has 142 valence electrons. The third-order valence-corrected chi connectivity index (χ3v) is 6.45. The minimum absolute atomic E-state index is 0.0451. The molecule has 3 heterocycles. The van der Waals surface area contributed by atoms with Crippen LogP contribution in [-0.4, -0.2) is 32.1 Å². The second-order valence-electron chi connectivity index (χ2n) is 6.06. The number of amides is 1. The highest BCUT2D eigenvalue weighted by Crippen LogP contribution is 2.41. The summed E-state index contributed by atoms with van der Waals surface area (Å²) < 4.78 is 40.9. The first-order chi connectivity index (χ1) is 12.7. The molecule has 4 rings (SSSR count). The minimum atomic E-state index is -4.59. The van der Waals surface area contributed by atoms with Gasteiger partial charge in [-0.1, -0.05) is 29.3 Å². The Morgan fingerprint density at radius 1 is 1.26 bits per heavy atom. The summed E-state index contributed by atoms with van der Waals surface area (Å²) in [5, 5.41) is 8.21. The lowest BCUT2D eigenvalue weighted by molar-refractivity contribution is -0.148. The predicted octanol–water partition coefficient (Wildman–Crippen LogP) is 5.04. The van der Waals surface area contributed by atoms with E-state index >= 15 is 0 Å². The Kier molecular flexibility index (Phi) is 4.36. The third kappa shape index (κ3) is 2.88. The molecule has 1 aliphatic heterocycles. The molecule has 1 atom stereocenters. The topological polar surface area (TPSA) is 51.0 Å². The lowest BCUT2D eigenvalue weighted by Crippen LogP contribution is -2.41. The molecule has 27 heavy (non-hydrogen) atoms. The van der Waals surface area contributed by atoms with Crippen LogP contribution in [-0.2, 0) is 12.7 Å². The molecule has 3 aromatic rings. The largest absolute Gasteiger partial charge is 0.451 e. The Morgan fingerprint density at radius 3 is 2.67 bits per heavy atom. The second-order valence-corrected chi connectivity index (χ2v) is 7.90. The van der Waals surface area contributed by atoms with Crippen LogP contribution in [0.5, 0.6) is 0 Å². The summed E-state index contributed by atoms with van der Waals surface area (Å²) in [4.78, 5) is 14.8. The zero-order valence-electron chi connectivity index (χ0n) is 13.7. The first kappa shape index (κ1) is 18.5. The molecule has 0 saturated carbocycles. The summed E-state index contributed by atoms with van der Waals surface area (Å²) in [6.45, 7) is 1.66. The van der Waals surface area contributed by atoms with Gasteiger partial charge in [-0.3, -0.25) is 4.79 Å². The van der Waals surface area contributed by atoms with Gasteiger partial charge in [-0.15, -0.1) is 21.5 Å². The van der Waals surface area contributed by atoms with Crippen molar-refractivity contribution < 1.29 is 18.0 Å². The normalized spacial score (nSPS) is 17.4. The van der Waals surface area contributed by atoms with Gasteiger partial charge in [-0.2, -0.15) is 13.2 Å². The molecule has 0 bridgehead atoms. The Bertz CT molecular complexity index is 1060. The minimum Gasteiger partial charge on any atom is -0.326 e. The molecule has 0 spiro atoms. The van der Waals surface area contributed by atoms with Crippen LogP contribution in [0.4, 0.5) is 13.2 Å². The van der Waals surface area contributed by atoms with Crippen LogP contribution in [0, 0.1) is 0 Å². The fourth-order valence-electron chi connectivity index (χ4n) is 3.21. The van der Waals surface area contributed by atoms with Crippen LogP contribution in [0.15, 0.2) is 18.2 Å². The van der Waals surface area contributed by atoms with Crippen molar-refractivity contribution in [3.8, 4) is 0 Å². The van der Waals surface area contributed by atoms with Gasteiger partial charge in [-0.05, 0) is 19.1 Å². The highest BCUT2D eigenvalue weighted by atomic mass is 35.5. The number of thiophene rings is 1. The van der Waals surface area contributed by atoms with E-state index in [-0.39, 0.29) is 29.8 Å². The SMILES string of the molecule is CC1c2nnc(C(F)(F)F)n2CCN1C(=O)c1sc2cccc(Cl)c2c1Cl. The summed E-state index contributed by atoms with van der Waals surface area (Å²) in [7, 11) is 0. The molecule has 11 heteroatoms. The number of fused-ring (bicyclic) bond motifs is 2. The summed E-state index contributed by atoms with van der Waals surface area (Å²) in [5.41, 5.74) is 0. The first-order valence-electron chi connectivity index (χ1n) is 7.88. The van der Waals surface area contributed by atoms with Crippen molar-refractivity contribution in [1.82, 2.24) is 19.7 Å². The van der Waals surface area contributed by atoms with Gasteiger partial charge in [0, 0.05) is 23.2 Å². The van der Waals surface area contributed by atoms with Crippen LogP contribution in [0.3, 0.4) is 0 Å². The molecule has 1 unspecified atom stereocenters. The molecule has 1 aromatic carbocycles. The van der Waals surface area contributed by atoms with E-state index in [2.05, 4.69) is 10.2 Å². The Morgan fingerprint density at radius 2 is 2.00 bits per heavy atom. The van der Waals surface area contributed by atoms with E-state index in [1.807, 2.05) is 0 Å². The average molecular weight is 435 g/mol. The van der Waals surface area contributed by atoms with E-state index in [0.717, 1.165) is 9.27 Å². The van der Waals surface area contributed by atoms with Crippen molar-refractivity contribution >= 4 is 50.5 Å². The second kappa shape index (κ2) is 6.35. The van der Waals surface area contributed by atoms with Crippen LogP contribution < -0.4 is 0 Å². The number of alkyl halides is 3. The van der Waals surface area contributed by atoms with Crippen LogP contribution in [0.1, 0.15) is 34.3 Å². The van der Waals surface area contributed by atoms with Gasteiger partial charge >= 0.3 is 6.18 Å². The zero-order valence-corrected chi connectivity index (χ0v) is 16.0. The molecular weight excluding hydrogens is 424 g/mol. The summed E-state index contributed by atoms with van der Waals surface area (Å²) in [5.74, 6) is -1.33. The molecule has 2 aromatic heterocycles. The van der Waals surface area contributed by atoms with Gasteiger partial charge in [0.2, 0.25) is 5.82 Å². The van der Waals surface area contributed by atoms with E-state index in [4.69, 9.17) is 23.2 Å². The van der Waals surface area contributed by atoms with Crippen molar-refractivity contribution in [3.05, 3.63) is 44.8 Å². The fraction of sp³-hybridized carbons (Fsp3) is 0.312. The summed E-state index contributed by atoms with van der Waals surface area (Å²) in [6.07, 6.45) is -4.59. The molecule has 1 amide bonds. The zero-order chi connectivity index (χ0) is 19.5. The monoisotopic (exact) mass is 434 g/mol. The van der Waals surface area contributed by atoms with Gasteiger partial charge in [0.15, 0.2) is 5.82 Å². The smallest absolute Gasteiger partial charge is 0.326 e. The third-order valence-electron chi connectivity index (χ3n) is 4.50. The average Bonchev–Trinajstić information content (AvgIpc) is 3.17. The summed E-state index contributed by atoms with van der Waals surface area (Å²) in [6, 6.07) is 4.57. The number of rotatable bonds is 1. The fourth-order valence-corrected chi connectivity index (χ4v) is 5.12. The number of halogens is 5. The maximum absolute atomic E-state index is 13.1.